The van der Waals surface area contributed by atoms with Gasteiger partial charge in [0.05, 0.1) is 54.6 Å². The largest absolute Gasteiger partial charge is 0.490 e. The molecular weight excluding hydrogens is 814 g/mol. The molecule has 1 aliphatic rings. The van der Waals surface area contributed by atoms with E-state index in [2.05, 4.69) is 10.3 Å². The topological polar surface area (TPSA) is 214 Å². The van der Waals surface area contributed by atoms with Crippen LogP contribution in [-0.2, 0) is 33.7 Å². The number of benzene rings is 3. The van der Waals surface area contributed by atoms with Crippen molar-refractivity contribution in [3.8, 4) is 11.5 Å². The quantitative estimate of drug-likeness (QED) is 0.122. The van der Waals surface area contributed by atoms with E-state index in [1.165, 1.54) is 37.3 Å². The van der Waals surface area contributed by atoms with Gasteiger partial charge in [0.15, 0.2) is 21.3 Å². The van der Waals surface area contributed by atoms with Crippen molar-refractivity contribution < 1.29 is 64.8 Å². The number of carbonyl (C=O) groups excluding carboxylic acids is 3. The molecule has 3 aromatic carbocycles. The highest BCUT2D eigenvalue weighted by molar-refractivity contribution is 7.92. The molecule has 324 valence electrons. The Morgan fingerprint density at radius 3 is 2.23 bits per heavy atom. The van der Waals surface area contributed by atoms with Gasteiger partial charge in [0.25, 0.3) is 0 Å². The van der Waals surface area contributed by atoms with Gasteiger partial charge in [-0.05, 0) is 112 Å². The number of carboxylic acid groups (broad SMARTS) is 1. The maximum atomic E-state index is 15.2. The van der Waals surface area contributed by atoms with E-state index in [1.54, 1.807) is 56.4 Å². The number of nitrogens with two attached hydrogens (primary N) is 1. The molecule has 1 aromatic heterocycles. The zero-order valence-electron chi connectivity index (χ0n) is 33.9. The highest BCUT2D eigenvalue weighted by Crippen LogP contribution is 2.44. The SMILES string of the molecule is CCOc1cc(C(Nc2ccc3c(N)nccc3c2)C(=O)N2CCC(C(=O)OC)C2c2cc(C(=O)OC)ccc2S(=O)(=O)C(C)C)ccc1OC(C)C.O=C(O)C(F)(F)F. The number of carbonyl (C=O) groups is 4. The third-order valence-corrected chi connectivity index (χ3v) is 11.6. The van der Waals surface area contributed by atoms with Crippen molar-refractivity contribution in [3.63, 3.8) is 0 Å². The Morgan fingerprint density at radius 2 is 1.65 bits per heavy atom. The van der Waals surface area contributed by atoms with E-state index in [0.717, 1.165) is 10.8 Å². The minimum atomic E-state index is -5.08. The predicted octanol–water partition coefficient (Wildman–Crippen LogP) is 6.52. The lowest BCUT2D eigenvalue weighted by Gasteiger charge is -2.33. The summed E-state index contributed by atoms with van der Waals surface area (Å²) in [6.45, 7) is 9.13. The standard InChI is InChI=1S/C39H46N4O9S.C2HF3O2/c1-8-51-32-21-25(9-13-31(32)52-22(2)3)34(42-27-11-12-28-24(19-27)15-17-41-36(28)40)37(44)43-18-16-29(39(46)50-7)35(43)30-20-26(38(45)49-6)10-14-33(30)53(47,48)23(4)5;3-2(4,5)1(6)7/h9-15,17,19-23,29,34-35,42H,8,16,18H2,1-7H3,(H2,40,41);(H,6,7). The number of anilines is 2. The van der Waals surface area contributed by atoms with E-state index < -0.39 is 63.1 Å². The molecule has 0 aliphatic carbocycles. The monoisotopic (exact) mass is 860 g/mol. The summed E-state index contributed by atoms with van der Waals surface area (Å²) in [7, 11) is -1.52. The number of pyridine rings is 1. The van der Waals surface area contributed by atoms with Crippen LogP contribution >= 0.6 is 0 Å². The van der Waals surface area contributed by atoms with E-state index in [-0.39, 0.29) is 35.1 Å². The molecule has 15 nitrogen and oxygen atoms in total. The number of nitrogens with one attached hydrogen (secondary N) is 1. The van der Waals surface area contributed by atoms with E-state index in [1.807, 2.05) is 26.8 Å². The number of amides is 1. The summed E-state index contributed by atoms with van der Waals surface area (Å²) in [6, 6.07) is 14.4. The molecular formula is C41H47F3N4O11S. The molecule has 0 saturated carbocycles. The molecule has 3 unspecified atom stereocenters. The van der Waals surface area contributed by atoms with Crippen LogP contribution < -0.4 is 20.5 Å². The van der Waals surface area contributed by atoms with E-state index in [4.69, 9.17) is 34.6 Å². The van der Waals surface area contributed by atoms with Crippen molar-refractivity contribution >= 4 is 55.9 Å². The Bertz CT molecular complexity index is 2340. The van der Waals surface area contributed by atoms with Gasteiger partial charge in [0.1, 0.15) is 11.9 Å². The van der Waals surface area contributed by atoms with Crippen LogP contribution in [0.25, 0.3) is 10.8 Å². The number of hydrogen-bond donors (Lipinski definition) is 3. The summed E-state index contributed by atoms with van der Waals surface area (Å²) in [5, 5.41) is 11.2. The van der Waals surface area contributed by atoms with Gasteiger partial charge in [0.2, 0.25) is 5.91 Å². The number of aromatic nitrogens is 1. The second-order valence-corrected chi connectivity index (χ2v) is 16.5. The lowest BCUT2D eigenvalue weighted by molar-refractivity contribution is -0.192. The number of halogens is 3. The summed E-state index contributed by atoms with van der Waals surface area (Å²) in [5.74, 6) is -4.21. The Balaban J connectivity index is 0.00000104. The van der Waals surface area contributed by atoms with Crippen LogP contribution in [0.3, 0.4) is 0 Å². The summed E-state index contributed by atoms with van der Waals surface area (Å²) in [4.78, 5) is 55.8. The molecule has 2 heterocycles. The average Bonchev–Trinajstić information content (AvgIpc) is 3.64. The molecule has 4 aromatic rings. The number of sulfone groups is 1. The Kier molecular flexibility index (Phi) is 15.0. The molecule has 1 aliphatic heterocycles. The van der Waals surface area contributed by atoms with E-state index >= 15 is 4.79 Å². The highest BCUT2D eigenvalue weighted by Gasteiger charge is 2.47. The van der Waals surface area contributed by atoms with Crippen molar-refractivity contribution in [1.82, 2.24) is 9.88 Å². The van der Waals surface area contributed by atoms with Gasteiger partial charge in [-0.1, -0.05) is 6.07 Å². The zero-order valence-corrected chi connectivity index (χ0v) is 34.7. The number of alkyl halides is 3. The number of hydrogen-bond acceptors (Lipinski definition) is 13. The molecule has 3 atom stereocenters. The Labute approximate surface area is 344 Å². The molecule has 1 amide bonds. The molecule has 1 fully saturated rings. The van der Waals surface area contributed by atoms with Crippen molar-refractivity contribution in [1.29, 1.82) is 0 Å². The summed E-state index contributed by atoms with van der Waals surface area (Å²) >= 11 is 0. The molecule has 0 bridgehead atoms. The molecule has 19 heteroatoms. The first-order valence-electron chi connectivity index (χ1n) is 18.6. The minimum Gasteiger partial charge on any atom is -0.490 e. The van der Waals surface area contributed by atoms with Crippen LogP contribution in [0.5, 0.6) is 11.5 Å². The normalized spacial score (nSPS) is 15.8. The molecule has 5 rings (SSSR count). The Hall–Kier alpha value is -6.11. The predicted molar refractivity (Wildman–Crippen MR) is 214 cm³/mol. The lowest BCUT2D eigenvalue weighted by Crippen LogP contribution is -2.40. The summed E-state index contributed by atoms with van der Waals surface area (Å²) < 4.78 is 81.5. The number of carboxylic acids is 1. The first kappa shape index (κ1) is 46.6. The number of fused-ring (bicyclic) bond motifs is 1. The molecule has 0 radical (unpaired) electrons. The first-order valence-corrected chi connectivity index (χ1v) is 20.2. The number of nitrogens with zero attached hydrogens (tertiary/aromatic N) is 2. The van der Waals surface area contributed by atoms with Crippen LogP contribution in [0.1, 0.15) is 74.6 Å². The van der Waals surface area contributed by atoms with Crippen molar-refractivity contribution in [2.24, 2.45) is 5.92 Å². The number of aliphatic carboxylic acids is 1. The Morgan fingerprint density at radius 1 is 0.967 bits per heavy atom. The van der Waals surface area contributed by atoms with Gasteiger partial charge >= 0.3 is 24.1 Å². The fraction of sp³-hybridized carbons (Fsp3) is 0.390. The van der Waals surface area contributed by atoms with Crippen molar-refractivity contribution in [3.05, 3.63) is 83.6 Å². The van der Waals surface area contributed by atoms with Crippen molar-refractivity contribution in [2.45, 2.75) is 75.5 Å². The number of ether oxygens (including phenoxy) is 4. The maximum absolute atomic E-state index is 15.2. The van der Waals surface area contributed by atoms with Crippen molar-refractivity contribution in [2.75, 3.05) is 38.4 Å². The van der Waals surface area contributed by atoms with Crippen LogP contribution in [0, 0.1) is 5.92 Å². The van der Waals surface area contributed by atoms with Crippen LogP contribution in [0.4, 0.5) is 24.7 Å². The fourth-order valence-electron chi connectivity index (χ4n) is 6.59. The molecule has 1 saturated heterocycles. The van der Waals surface area contributed by atoms with Gasteiger partial charge in [-0.2, -0.15) is 13.2 Å². The number of methoxy groups -OCH3 is 2. The van der Waals surface area contributed by atoms with E-state index in [0.29, 0.717) is 35.2 Å². The molecule has 4 N–H and O–H groups in total. The summed E-state index contributed by atoms with van der Waals surface area (Å²) in [6.07, 6.45) is -3.46. The van der Waals surface area contributed by atoms with Crippen LogP contribution in [0.15, 0.2) is 71.8 Å². The lowest BCUT2D eigenvalue weighted by atomic mass is 9.92. The molecule has 60 heavy (non-hydrogen) atoms. The average molecular weight is 861 g/mol. The number of likely N-dealkylation sites (tertiary alicyclic amines) is 1. The van der Waals surface area contributed by atoms with E-state index in [9.17, 15) is 31.2 Å². The second-order valence-electron chi connectivity index (χ2n) is 14.1. The van der Waals surface area contributed by atoms with Gasteiger partial charge < -0.3 is 40.0 Å². The number of esters is 2. The highest BCUT2D eigenvalue weighted by atomic mass is 32.2. The minimum absolute atomic E-state index is 0.0646. The smallest absolute Gasteiger partial charge is 0.490 e. The van der Waals surface area contributed by atoms with Crippen LogP contribution in [-0.4, -0.2) is 92.1 Å². The third-order valence-electron chi connectivity index (χ3n) is 9.42. The van der Waals surface area contributed by atoms with Gasteiger partial charge in [-0.3, -0.25) is 9.59 Å². The second kappa shape index (κ2) is 19.3. The fourth-order valence-corrected chi connectivity index (χ4v) is 7.87. The van der Waals surface area contributed by atoms with Gasteiger partial charge in [-0.25, -0.2) is 23.0 Å². The van der Waals surface area contributed by atoms with Crippen LogP contribution in [0.2, 0.25) is 0 Å². The number of nitrogen functional groups attached to an aromatic ring is 1. The maximum Gasteiger partial charge on any atom is 0.490 e. The zero-order chi connectivity index (χ0) is 44.7. The van der Waals surface area contributed by atoms with Gasteiger partial charge in [-0.15, -0.1) is 0 Å². The van der Waals surface area contributed by atoms with Gasteiger partial charge in [0, 0.05) is 23.8 Å². The molecule has 0 spiro atoms. The third kappa shape index (κ3) is 10.5. The summed E-state index contributed by atoms with van der Waals surface area (Å²) in [5.41, 5.74) is 7.39. The first-order chi connectivity index (χ1) is 28.2. The number of rotatable bonds is 13.